The SMILES string of the molecule is C[C@@H]1C[C@@H]2[C@@](C)(CC[C@]3(C)[C@H]4CC[C@@]56C(=O)O[C@@](O)(CC[C@H]5[C@]4(C)CC[C@@]23C)[C@@H]6C)[C@H](O)C1=O. The first-order chi connectivity index (χ1) is 15.7. The van der Waals surface area contributed by atoms with E-state index in [2.05, 4.69) is 27.7 Å². The van der Waals surface area contributed by atoms with Crippen molar-refractivity contribution in [1.29, 1.82) is 0 Å². The molecule has 6 rings (SSSR count). The molecule has 1 aliphatic heterocycles. The lowest BCUT2D eigenvalue weighted by Crippen LogP contribution is -2.70. The number of carbonyl (C=O) groups excluding carboxylic acids is 2. The zero-order valence-electron chi connectivity index (χ0n) is 21.9. The van der Waals surface area contributed by atoms with Crippen molar-refractivity contribution in [1.82, 2.24) is 0 Å². The van der Waals surface area contributed by atoms with E-state index in [-0.39, 0.29) is 51.2 Å². The summed E-state index contributed by atoms with van der Waals surface area (Å²) in [6, 6.07) is 0. The number of esters is 1. The van der Waals surface area contributed by atoms with E-state index < -0.39 is 17.3 Å². The Bertz CT molecular complexity index is 962. The molecule has 0 aromatic heterocycles. The fraction of sp³-hybridized carbons (Fsp3) is 0.931. The predicted octanol–water partition coefficient (Wildman–Crippen LogP) is 4.87. The van der Waals surface area contributed by atoms with Crippen LogP contribution in [0.5, 0.6) is 0 Å². The summed E-state index contributed by atoms with van der Waals surface area (Å²) in [7, 11) is 0. The predicted molar refractivity (Wildman–Crippen MR) is 127 cm³/mol. The maximum Gasteiger partial charge on any atom is 0.315 e. The number of ketones is 1. The fourth-order valence-electron chi connectivity index (χ4n) is 11.6. The summed E-state index contributed by atoms with van der Waals surface area (Å²) in [4.78, 5) is 26.2. The molecule has 2 bridgehead atoms. The van der Waals surface area contributed by atoms with Crippen LogP contribution in [0.25, 0.3) is 0 Å². The van der Waals surface area contributed by atoms with Crippen LogP contribution in [-0.4, -0.2) is 33.9 Å². The maximum atomic E-state index is 13.4. The van der Waals surface area contributed by atoms with E-state index in [1.807, 2.05) is 13.8 Å². The fourth-order valence-corrected chi connectivity index (χ4v) is 11.6. The molecule has 6 fully saturated rings. The molecule has 5 aliphatic carbocycles. The molecule has 0 aromatic rings. The molecular formula is C29H44O5. The Hall–Kier alpha value is -0.940. The summed E-state index contributed by atoms with van der Waals surface area (Å²) in [5.74, 6) is -0.560. The average molecular weight is 473 g/mol. The lowest BCUT2D eigenvalue weighted by molar-refractivity contribution is -0.270. The van der Waals surface area contributed by atoms with E-state index in [9.17, 15) is 19.8 Å². The zero-order chi connectivity index (χ0) is 24.7. The van der Waals surface area contributed by atoms with Gasteiger partial charge in [-0.15, -0.1) is 0 Å². The van der Waals surface area contributed by atoms with E-state index in [4.69, 9.17) is 4.74 Å². The van der Waals surface area contributed by atoms with Gasteiger partial charge in [-0.05, 0) is 85.4 Å². The van der Waals surface area contributed by atoms with Gasteiger partial charge in [-0.1, -0.05) is 41.5 Å². The van der Waals surface area contributed by atoms with Crippen molar-refractivity contribution in [3.63, 3.8) is 0 Å². The molecule has 34 heavy (non-hydrogen) atoms. The van der Waals surface area contributed by atoms with Crippen LogP contribution in [0.4, 0.5) is 0 Å². The van der Waals surface area contributed by atoms with Crippen molar-refractivity contribution in [3.8, 4) is 0 Å². The number of hydrogen-bond donors (Lipinski definition) is 2. The highest BCUT2D eigenvalue weighted by Crippen LogP contribution is 2.79. The van der Waals surface area contributed by atoms with Crippen LogP contribution >= 0.6 is 0 Å². The van der Waals surface area contributed by atoms with Crippen LogP contribution in [-0.2, 0) is 14.3 Å². The number of fused-ring (bicyclic) bond motifs is 7. The van der Waals surface area contributed by atoms with Gasteiger partial charge in [0, 0.05) is 23.7 Å². The van der Waals surface area contributed by atoms with Gasteiger partial charge in [0.25, 0.3) is 0 Å². The summed E-state index contributed by atoms with van der Waals surface area (Å²) in [5, 5.41) is 22.2. The monoisotopic (exact) mass is 472 g/mol. The van der Waals surface area contributed by atoms with Crippen LogP contribution in [0.1, 0.15) is 99.3 Å². The van der Waals surface area contributed by atoms with Crippen LogP contribution in [0.3, 0.4) is 0 Å². The summed E-state index contributed by atoms with van der Waals surface area (Å²) in [6.45, 7) is 13.7. The Kier molecular flexibility index (Phi) is 4.47. The summed E-state index contributed by atoms with van der Waals surface area (Å²) >= 11 is 0. The van der Waals surface area contributed by atoms with Gasteiger partial charge in [-0.2, -0.15) is 0 Å². The summed E-state index contributed by atoms with van der Waals surface area (Å²) < 4.78 is 5.70. The first kappa shape index (κ1) is 23.5. The normalized spacial score (nSPS) is 62.7. The third kappa shape index (κ3) is 2.28. The van der Waals surface area contributed by atoms with Crippen LogP contribution in [0, 0.1) is 56.7 Å². The molecule has 1 heterocycles. The minimum Gasteiger partial charge on any atom is -0.432 e. The number of carbonyl (C=O) groups is 2. The molecule has 1 spiro atoms. The van der Waals surface area contributed by atoms with Crippen LogP contribution < -0.4 is 0 Å². The van der Waals surface area contributed by atoms with Gasteiger partial charge in [-0.3, -0.25) is 9.59 Å². The van der Waals surface area contributed by atoms with Gasteiger partial charge in [0.15, 0.2) is 5.78 Å². The van der Waals surface area contributed by atoms with Crippen molar-refractivity contribution in [3.05, 3.63) is 0 Å². The highest BCUT2D eigenvalue weighted by atomic mass is 16.7. The van der Waals surface area contributed by atoms with E-state index >= 15 is 0 Å². The third-order valence-corrected chi connectivity index (χ3v) is 13.9. The Morgan fingerprint density at radius 3 is 2.06 bits per heavy atom. The van der Waals surface area contributed by atoms with Crippen LogP contribution in [0.15, 0.2) is 0 Å². The molecule has 0 unspecified atom stereocenters. The molecule has 0 amide bonds. The van der Waals surface area contributed by atoms with Crippen molar-refractivity contribution >= 4 is 11.8 Å². The van der Waals surface area contributed by atoms with Gasteiger partial charge >= 0.3 is 5.97 Å². The first-order valence-corrected chi connectivity index (χ1v) is 13.9. The van der Waals surface area contributed by atoms with Gasteiger partial charge in [0.1, 0.15) is 6.10 Å². The number of aliphatic hydroxyl groups excluding tert-OH is 1. The quantitative estimate of drug-likeness (QED) is 0.491. The van der Waals surface area contributed by atoms with Crippen molar-refractivity contribution in [2.75, 3.05) is 0 Å². The second-order valence-corrected chi connectivity index (χ2v) is 14.5. The molecule has 2 N–H and O–H groups in total. The second kappa shape index (κ2) is 6.49. The highest BCUT2D eigenvalue weighted by molar-refractivity contribution is 5.86. The van der Waals surface area contributed by atoms with Gasteiger partial charge in [0.2, 0.25) is 5.79 Å². The van der Waals surface area contributed by atoms with Crippen LogP contribution in [0.2, 0.25) is 0 Å². The Morgan fingerprint density at radius 1 is 0.794 bits per heavy atom. The molecule has 5 heteroatoms. The topological polar surface area (TPSA) is 83.8 Å². The number of aliphatic hydroxyl groups is 2. The van der Waals surface area contributed by atoms with E-state index in [0.29, 0.717) is 18.3 Å². The number of Topliss-reactive ketones (excluding diaryl/α,β-unsaturated/α-hetero) is 1. The molecule has 0 radical (unpaired) electrons. The van der Waals surface area contributed by atoms with Crippen molar-refractivity contribution < 1.29 is 24.5 Å². The molecule has 0 aromatic carbocycles. The summed E-state index contributed by atoms with van der Waals surface area (Å²) in [5.41, 5.74) is -0.694. The molecule has 12 atom stereocenters. The van der Waals surface area contributed by atoms with Gasteiger partial charge in [0.05, 0.1) is 5.41 Å². The Balaban J connectivity index is 1.42. The lowest BCUT2D eigenvalue weighted by Gasteiger charge is -2.74. The largest absolute Gasteiger partial charge is 0.432 e. The second-order valence-electron chi connectivity index (χ2n) is 14.5. The summed E-state index contributed by atoms with van der Waals surface area (Å²) in [6.07, 6.45) is 7.31. The van der Waals surface area contributed by atoms with Crippen molar-refractivity contribution in [2.45, 2.75) is 111 Å². The molecule has 6 aliphatic rings. The standard InChI is InChI=1S/C29H44O5/c1-16-15-20-25(4,22(31)21(16)30)12-14-26(5)18-7-9-28-17(2)29(33,34-23(28)32)10-8-19(28)24(18,3)11-13-27(20,26)6/h16-20,22,31,33H,7-15H2,1-6H3/t16-,17-,18+,19+,20-,22-,24-,25-,26-,27+,28+,29+/m1/s1. The Morgan fingerprint density at radius 2 is 1.38 bits per heavy atom. The third-order valence-electron chi connectivity index (χ3n) is 13.9. The van der Waals surface area contributed by atoms with E-state index in [1.54, 1.807) is 0 Å². The van der Waals surface area contributed by atoms with Gasteiger partial charge < -0.3 is 14.9 Å². The number of rotatable bonds is 0. The van der Waals surface area contributed by atoms with E-state index in [1.165, 1.54) is 0 Å². The average Bonchev–Trinajstić information content (AvgIpc) is 2.88. The molecule has 190 valence electrons. The van der Waals surface area contributed by atoms with Crippen molar-refractivity contribution in [2.24, 2.45) is 56.7 Å². The minimum atomic E-state index is -1.28. The molecule has 1 saturated heterocycles. The number of ether oxygens (including phenoxy) is 1. The zero-order valence-corrected chi connectivity index (χ0v) is 21.9. The molecule has 5 saturated carbocycles. The lowest BCUT2D eigenvalue weighted by atomic mass is 9.30. The highest BCUT2D eigenvalue weighted by Gasteiger charge is 2.77. The smallest absolute Gasteiger partial charge is 0.315 e. The number of hydrogen-bond acceptors (Lipinski definition) is 5. The maximum absolute atomic E-state index is 13.4. The minimum absolute atomic E-state index is 0.0356. The molecule has 5 nitrogen and oxygen atoms in total. The first-order valence-electron chi connectivity index (χ1n) is 13.9. The molecular weight excluding hydrogens is 428 g/mol. The van der Waals surface area contributed by atoms with Gasteiger partial charge in [-0.25, -0.2) is 0 Å². The Labute approximate surface area is 204 Å². The van der Waals surface area contributed by atoms with E-state index in [0.717, 1.165) is 51.4 Å².